The summed E-state index contributed by atoms with van der Waals surface area (Å²) in [5, 5.41) is 0. The lowest BCUT2D eigenvalue weighted by atomic mass is 10.1. The third-order valence-corrected chi connectivity index (χ3v) is 3.94. The number of nitrogens with zero attached hydrogens (tertiary/aromatic N) is 2. The van der Waals surface area contributed by atoms with Gasteiger partial charge in [-0.1, -0.05) is 27.7 Å². The van der Waals surface area contributed by atoms with E-state index in [2.05, 4.69) is 43.2 Å². The van der Waals surface area contributed by atoms with Crippen LogP contribution >= 0.6 is 0 Å². The summed E-state index contributed by atoms with van der Waals surface area (Å²) < 4.78 is 16.1. The molecule has 0 bridgehead atoms. The smallest absolute Gasteiger partial charge is 0.373 e. The summed E-state index contributed by atoms with van der Waals surface area (Å²) in [7, 11) is 0. The summed E-state index contributed by atoms with van der Waals surface area (Å²) in [6.45, 7) is 10.5. The van der Waals surface area contributed by atoms with Crippen LogP contribution in [0.1, 0.15) is 39.8 Å². The Morgan fingerprint density at radius 1 is 1.18 bits per heavy atom. The second kappa shape index (κ2) is 3.65. The molecule has 4 nitrogen and oxygen atoms in total. The third-order valence-electron chi connectivity index (χ3n) is 3.94. The van der Waals surface area contributed by atoms with Gasteiger partial charge in [-0.25, -0.2) is 0 Å². The van der Waals surface area contributed by atoms with Gasteiger partial charge in [0.05, 0.1) is 0 Å². The molecule has 0 saturated heterocycles. The van der Waals surface area contributed by atoms with Crippen molar-refractivity contribution >= 4 is 0 Å². The van der Waals surface area contributed by atoms with Crippen LogP contribution in [0.4, 0.5) is 0 Å². The monoisotopic (exact) mass is 237 g/mol. The fraction of sp³-hybridized carbons (Fsp3) is 0.769. The van der Waals surface area contributed by atoms with Crippen LogP contribution in [0.2, 0.25) is 0 Å². The molecule has 94 valence electrons. The number of rotatable bonds is 2. The third kappa shape index (κ3) is 1.46. The lowest BCUT2D eigenvalue weighted by Crippen LogP contribution is -2.38. The Hall–Kier alpha value is -1.19. The molecular weight excluding hydrogens is 216 g/mol. The Balaban J connectivity index is 2.00. The standard InChI is InChI=1S/C13H21N2O2/c1-8(2)10-5-16-12-13-15(7-14(10)12)11(6-17-13)9(3)4/h7-11H,5-6H2,1-4H3/q+1/t10-,11-/m1/s1. The first-order valence-electron chi connectivity index (χ1n) is 6.51. The second-order valence-electron chi connectivity index (χ2n) is 5.79. The van der Waals surface area contributed by atoms with Crippen molar-refractivity contribution in [3.05, 3.63) is 6.33 Å². The van der Waals surface area contributed by atoms with E-state index >= 15 is 0 Å². The van der Waals surface area contributed by atoms with Crippen LogP contribution in [0.15, 0.2) is 6.33 Å². The normalized spacial score (nSPS) is 26.0. The molecule has 2 aliphatic rings. The van der Waals surface area contributed by atoms with Gasteiger partial charge >= 0.3 is 11.8 Å². The first kappa shape index (κ1) is 10.9. The molecule has 0 saturated carbocycles. The zero-order valence-electron chi connectivity index (χ0n) is 11.0. The number of imidazole rings is 1. The van der Waals surface area contributed by atoms with Gasteiger partial charge in [0.1, 0.15) is 25.3 Å². The molecule has 0 fully saturated rings. The maximum atomic E-state index is 5.80. The van der Waals surface area contributed by atoms with Crippen LogP contribution in [0, 0.1) is 11.8 Å². The maximum Gasteiger partial charge on any atom is 0.373 e. The van der Waals surface area contributed by atoms with E-state index in [4.69, 9.17) is 9.47 Å². The summed E-state index contributed by atoms with van der Waals surface area (Å²) in [6, 6.07) is 0.888. The first-order chi connectivity index (χ1) is 8.09. The quantitative estimate of drug-likeness (QED) is 0.735. The Morgan fingerprint density at radius 2 is 1.94 bits per heavy atom. The highest BCUT2D eigenvalue weighted by molar-refractivity contribution is 5.26. The van der Waals surface area contributed by atoms with Crippen molar-refractivity contribution in [1.29, 1.82) is 0 Å². The van der Waals surface area contributed by atoms with E-state index in [-0.39, 0.29) is 0 Å². The van der Waals surface area contributed by atoms with Crippen LogP contribution in [-0.2, 0) is 0 Å². The van der Waals surface area contributed by atoms with Gasteiger partial charge in [0.25, 0.3) is 6.33 Å². The molecule has 0 unspecified atom stereocenters. The average Bonchev–Trinajstić information content (AvgIpc) is 2.84. The van der Waals surface area contributed by atoms with E-state index in [1.807, 2.05) is 0 Å². The van der Waals surface area contributed by atoms with Gasteiger partial charge in [-0.2, -0.15) is 9.13 Å². The molecule has 4 heteroatoms. The van der Waals surface area contributed by atoms with Crippen molar-refractivity contribution in [2.45, 2.75) is 39.8 Å². The van der Waals surface area contributed by atoms with E-state index < -0.39 is 0 Å². The molecule has 17 heavy (non-hydrogen) atoms. The molecule has 0 N–H and O–H groups in total. The minimum Gasteiger partial charge on any atom is -0.452 e. The van der Waals surface area contributed by atoms with Crippen molar-refractivity contribution < 1.29 is 14.0 Å². The molecule has 0 aliphatic carbocycles. The fourth-order valence-electron chi connectivity index (χ4n) is 2.72. The first-order valence-corrected chi connectivity index (χ1v) is 6.51. The van der Waals surface area contributed by atoms with E-state index in [0.29, 0.717) is 23.9 Å². The van der Waals surface area contributed by atoms with Gasteiger partial charge in [-0.05, 0) is 11.8 Å². The molecule has 3 heterocycles. The highest BCUT2D eigenvalue weighted by Crippen LogP contribution is 2.40. The molecule has 2 aliphatic heterocycles. The summed E-state index contributed by atoms with van der Waals surface area (Å²) >= 11 is 0. The van der Waals surface area contributed by atoms with Gasteiger partial charge in [-0.15, -0.1) is 0 Å². The fourth-order valence-corrected chi connectivity index (χ4v) is 2.72. The second-order valence-corrected chi connectivity index (χ2v) is 5.79. The highest BCUT2D eigenvalue weighted by Gasteiger charge is 2.44. The average molecular weight is 237 g/mol. The molecule has 0 radical (unpaired) electrons. The number of fused-ring (bicyclic) bond motifs is 3. The number of hydrogen-bond acceptors (Lipinski definition) is 2. The number of ether oxygens (including phenoxy) is 2. The molecule has 1 aromatic rings. The van der Waals surface area contributed by atoms with E-state index in [9.17, 15) is 0 Å². The summed E-state index contributed by atoms with van der Waals surface area (Å²) in [4.78, 5) is 0. The number of aromatic nitrogens is 2. The molecule has 0 spiro atoms. The van der Waals surface area contributed by atoms with Crippen LogP contribution in [0.3, 0.4) is 0 Å². The lowest BCUT2D eigenvalue weighted by Gasteiger charge is -2.11. The largest absolute Gasteiger partial charge is 0.452 e. The summed E-state index contributed by atoms with van der Waals surface area (Å²) in [5.74, 6) is 3.02. The Morgan fingerprint density at radius 3 is 2.59 bits per heavy atom. The Labute approximate surface area is 102 Å². The predicted octanol–water partition coefficient (Wildman–Crippen LogP) is 1.95. The lowest BCUT2D eigenvalue weighted by molar-refractivity contribution is -0.711. The molecule has 3 rings (SSSR count). The van der Waals surface area contributed by atoms with E-state index in [1.165, 1.54) is 0 Å². The SMILES string of the molecule is CC(C)[C@H]1COc2c3[n+](cn21)[C@@H](C(C)C)CO3. The maximum absolute atomic E-state index is 5.80. The van der Waals surface area contributed by atoms with Crippen LogP contribution in [0.5, 0.6) is 11.8 Å². The summed E-state index contributed by atoms with van der Waals surface area (Å²) in [6.07, 6.45) is 2.18. The van der Waals surface area contributed by atoms with Crippen molar-refractivity contribution in [3.8, 4) is 11.8 Å². The van der Waals surface area contributed by atoms with Crippen LogP contribution in [0.25, 0.3) is 0 Å². The predicted molar refractivity (Wildman–Crippen MR) is 63.4 cm³/mol. The Bertz CT molecular complexity index is 398. The van der Waals surface area contributed by atoms with Crippen LogP contribution in [-0.4, -0.2) is 17.8 Å². The zero-order chi connectivity index (χ0) is 12.2. The van der Waals surface area contributed by atoms with Gasteiger partial charge in [0, 0.05) is 0 Å². The van der Waals surface area contributed by atoms with Crippen molar-refractivity contribution in [2.75, 3.05) is 13.2 Å². The molecule has 0 amide bonds. The minimum absolute atomic E-state index is 0.444. The Kier molecular flexibility index (Phi) is 2.35. The number of hydrogen-bond donors (Lipinski definition) is 0. The van der Waals surface area contributed by atoms with Gasteiger partial charge in [0.15, 0.2) is 0 Å². The molecular formula is C13H21N2O2+. The highest BCUT2D eigenvalue weighted by atomic mass is 16.5. The van der Waals surface area contributed by atoms with Crippen molar-refractivity contribution in [2.24, 2.45) is 11.8 Å². The molecule has 1 aromatic heterocycles. The van der Waals surface area contributed by atoms with Crippen molar-refractivity contribution in [3.63, 3.8) is 0 Å². The van der Waals surface area contributed by atoms with Crippen LogP contribution < -0.4 is 14.0 Å². The van der Waals surface area contributed by atoms with E-state index in [1.54, 1.807) is 0 Å². The van der Waals surface area contributed by atoms with Gasteiger partial charge in [0.2, 0.25) is 0 Å². The zero-order valence-corrected chi connectivity index (χ0v) is 11.0. The topological polar surface area (TPSA) is 27.3 Å². The minimum atomic E-state index is 0.444. The molecule has 0 aromatic carbocycles. The van der Waals surface area contributed by atoms with Gasteiger partial charge < -0.3 is 9.47 Å². The molecule has 2 atom stereocenters. The van der Waals surface area contributed by atoms with Crippen molar-refractivity contribution in [1.82, 2.24) is 4.57 Å². The van der Waals surface area contributed by atoms with Gasteiger partial charge in [-0.3, -0.25) is 0 Å². The summed E-state index contributed by atoms with van der Waals surface area (Å²) in [5.41, 5.74) is 0. The van der Waals surface area contributed by atoms with E-state index in [0.717, 1.165) is 25.0 Å².